The number of rotatable bonds is 4. The first-order valence-electron chi connectivity index (χ1n) is 10.1. The van der Waals surface area contributed by atoms with Crippen molar-refractivity contribution in [2.24, 2.45) is 0 Å². The average Bonchev–Trinajstić information content (AvgIpc) is 3.13. The summed E-state index contributed by atoms with van der Waals surface area (Å²) in [4.78, 5) is 16.0. The summed E-state index contributed by atoms with van der Waals surface area (Å²) in [5.74, 6) is 0. The van der Waals surface area contributed by atoms with Gasteiger partial charge in [0, 0.05) is 12.6 Å². The summed E-state index contributed by atoms with van der Waals surface area (Å²) in [7, 11) is 0. The predicted octanol–water partition coefficient (Wildman–Crippen LogP) is 3.54. The highest BCUT2D eigenvalue weighted by atomic mass is 16.3. The number of hydrogen-bond donors (Lipinski definition) is 4. The van der Waals surface area contributed by atoms with Crippen LogP contribution < -0.4 is 11.0 Å². The van der Waals surface area contributed by atoms with Crippen LogP contribution in [0.4, 0.5) is 0 Å². The molecule has 1 aromatic heterocycles. The highest BCUT2D eigenvalue weighted by Crippen LogP contribution is 2.22. The molecule has 0 spiro atoms. The van der Waals surface area contributed by atoms with E-state index in [9.17, 15) is 9.90 Å². The van der Waals surface area contributed by atoms with E-state index < -0.39 is 5.60 Å². The van der Waals surface area contributed by atoms with Gasteiger partial charge in [0.1, 0.15) is 0 Å². The first-order valence-corrected chi connectivity index (χ1v) is 10.1. The van der Waals surface area contributed by atoms with Gasteiger partial charge in [0.2, 0.25) is 0 Å². The van der Waals surface area contributed by atoms with E-state index in [0.717, 1.165) is 11.1 Å². The Kier molecular flexibility index (Phi) is 6.86. The Labute approximate surface area is 170 Å². The number of H-pyrrole nitrogens is 2. The molecule has 152 valence electrons. The Balaban J connectivity index is 0.000000176. The Hall–Kier alpha value is -2.88. The van der Waals surface area contributed by atoms with E-state index in [1.807, 2.05) is 43.3 Å². The molecule has 29 heavy (non-hydrogen) atoms. The van der Waals surface area contributed by atoms with Gasteiger partial charge in [-0.1, -0.05) is 49.6 Å². The van der Waals surface area contributed by atoms with Gasteiger partial charge in [-0.3, -0.25) is 0 Å². The van der Waals surface area contributed by atoms with Crippen molar-refractivity contribution in [1.29, 1.82) is 5.26 Å². The van der Waals surface area contributed by atoms with Crippen LogP contribution in [0.3, 0.4) is 0 Å². The van der Waals surface area contributed by atoms with Gasteiger partial charge in [0.05, 0.1) is 28.3 Å². The summed E-state index contributed by atoms with van der Waals surface area (Å²) in [5, 5.41) is 22.5. The molecule has 1 unspecified atom stereocenters. The maximum Gasteiger partial charge on any atom is 0.323 e. The average molecular weight is 393 g/mol. The van der Waals surface area contributed by atoms with Crippen LogP contribution in [-0.2, 0) is 5.60 Å². The van der Waals surface area contributed by atoms with E-state index >= 15 is 0 Å². The van der Waals surface area contributed by atoms with Gasteiger partial charge in [-0.25, -0.2) is 4.79 Å². The number of nitrogens with zero attached hydrogens (tertiary/aromatic N) is 1. The van der Waals surface area contributed by atoms with Crippen LogP contribution in [0.1, 0.15) is 50.2 Å². The van der Waals surface area contributed by atoms with Crippen molar-refractivity contribution in [3.05, 3.63) is 70.1 Å². The van der Waals surface area contributed by atoms with E-state index in [2.05, 4.69) is 15.3 Å². The monoisotopic (exact) mass is 392 g/mol. The normalized spacial score (nSPS) is 16.4. The highest BCUT2D eigenvalue weighted by molar-refractivity contribution is 5.75. The minimum Gasteiger partial charge on any atom is -0.384 e. The molecule has 4 N–H and O–H groups in total. The second-order valence-corrected chi connectivity index (χ2v) is 7.81. The van der Waals surface area contributed by atoms with Gasteiger partial charge in [-0.05, 0) is 43.5 Å². The fraction of sp³-hybridized carbons (Fsp3) is 0.391. The van der Waals surface area contributed by atoms with E-state index in [1.54, 1.807) is 18.2 Å². The molecule has 3 aromatic rings. The fourth-order valence-corrected chi connectivity index (χ4v) is 3.65. The number of aromatic amines is 2. The molecule has 1 atom stereocenters. The summed E-state index contributed by atoms with van der Waals surface area (Å²) < 4.78 is 0. The molecule has 6 nitrogen and oxygen atoms in total. The molecular weight excluding hydrogens is 364 g/mol. The topological polar surface area (TPSA) is 105 Å². The number of fused-ring (bicyclic) bond motifs is 1. The summed E-state index contributed by atoms with van der Waals surface area (Å²) in [6, 6.07) is 17.5. The SMILES string of the molecule is CC(O)(CNC1CCCCC1)c1ccccc1.N#Cc1ccc2[nH]c(=O)[nH]c2c1. The molecule has 0 amide bonds. The third-order valence-electron chi connectivity index (χ3n) is 5.38. The van der Waals surface area contributed by atoms with E-state index in [-0.39, 0.29) is 5.69 Å². The Morgan fingerprint density at radius 1 is 1.10 bits per heavy atom. The minimum absolute atomic E-state index is 0.250. The highest BCUT2D eigenvalue weighted by Gasteiger charge is 2.24. The van der Waals surface area contributed by atoms with Gasteiger partial charge in [0.15, 0.2) is 0 Å². The summed E-state index contributed by atoms with van der Waals surface area (Å²) in [6.45, 7) is 2.53. The second kappa shape index (κ2) is 9.55. The van der Waals surface area contributed by atoms with Gasteiger partial charge >= 0.3 is 5.69 Å². The Bertz CT molecular complexity index is 1010. The van der Waals surface area contributed by atoms with Gasteiger partial charge in [0.25, 0.3) is 0 Å². The molecule has 1 aliphatic carbocycles. The van der Waals surface area contributed by atoms with E-state index in [0.29, 0.717) is 23.7 Å². The smallest absolute Gasteiger partial charge is 0.323 e. The zero-order valence-electron chi connectivity index (χ0n) is 16.7. The van der Waals surface area contributed by atoms with E-state index in [4.69, 9.17) is 5.26 Å². The molecular formula is C23H28N4O2. The van der Waals surface area contributed by atoms with Crippen LogP contribution in [0.5, 0.6) is 0 Å². The van der Waals surface area contributed by atoms with Crippen LogP contribution in [0.2, 0.25) is 0 Å². The van der Waals surface area contributed by atoms with Crippen molar-refractivity contribution in [3.8, 4) is 6.07 Å². The fourth-order valence-electron chi connectivity index (χ4n) is 3.65. The lowest BCUT2D eigenvalue weighted by Crippen LogP contribution is -2.41. The third-order valence-corrected chi connectivity index (χ3v) is 5.38. The molecule has 1 saturated carbocycles. The lowest BCUT2D eigenvalue weighted by molar-refractivity contribution is 0.0522. The maximum absolute atomic E-state index is 10.8. The molecule has 6 heteroatoms. The molecule has 4 rings (SSSR count). The Morgan fingerprint density at radius 3 is 2.48 bits per heavy atom. The third kappa shape index (κ3) is 5.80. The number of aliphatic hydroxyl groups is 1. The number of hydrogen-bond acceptors (Lipinski definition) is 4. The lowest BCUT2D eigenvalue weighted by atomic mass is 9.92. The maximum atomic E-state index is 10.8. The van der Waals surface area contributed by atoms with Crippen LogP contribution in [0.15, 0.2) is 53.3 Å². The molecule has 2 aromatic carbocycles. The van der Waals surface area contributed by atoms with Crippen molar-refractivity contribution in [1.82, 2.24) is 15.3 Å². The van der Waals surface area contributed by atoms with E-state index in [1.165, 1.54) is 32.1 Å². The molecule has 1 aliphatic rings. The second-order valence-electron chi connectivity index (χ2n) is 7.81. The van der Waals surface area contributed by atoms with Crippen LogP contribution >= 0.6 is 0 Å². The number of imidazole rings is 1. The van der Waals surface area contributed by atoms with Crippen molar-refractivity contribution in [2.45, 2.75) is 50.7 Å². The van der Waals surface area contributed by atoms with Crippen molar-refractivity contribution >= 4 is 11.0 Å². The van der Waals surface area contributed by atoms with Crippen molar-refractivity contribution in [3.63, 3.8) is 0 Å². The van der Waals surface area contributed by atoms with Crippen molar-refractivity contribution < 1.29 is 5.11 Å². The molecule has 0 radical (unpaired) electrons. The number of nitrogens with one attached hydrogen (secondary N) is 3. The molecule has 0 bridgehead atoms. The van der Waals surface area contributed by atoms with Crippen LogP contribution in [0.25, 0.3) is 11.0 Å². The first-order chi connectivity index (χ1) is 14.0. The summed E-state index contributed by atoms with van der Waals surface area (Å²) in [6.07, 6.45) is 6.53. The Morgan fingerprint density at radius 2 is 1.79 bits per heavy atom. The van der Waals surface area contributed by atoms with Crippen LogP contribution in [0, 0.1) is 11.3 Å². The van der Waals surface area contributed by atoms with Gasteiger partial charge in [-0.15, -0.1) is 0 Å². The zero-order valence-corrected chi connectivity index (χ0v) is 16.7. The summed E-state index contributed by atoms with van der Waals surface area (Å²) >= 11 is 0. The molecule has 0 aliphatic heterocycles. The van der Waals surface area contributed by atoms with Crippen LogP contribution in [-0.4, -0.2) is 27.7 Å². The standard InChI is InChI=1S/C15H23NO.C8H5N3O/c1-15(17,13-8-4-2-5-9-13)12-16-14-10-6-3-7-11-14;9-4-5-1-2-6-7(3-5)11-8(12)10-6/h2,4-5,8-9,14,16-17H,3,6-7,10-12H2,1H3;1-3H,(H2,10,11,12). The number of aromatic nitrogens is 2. The van der Waals surface area contributed by atoms with Gasteiger partial charge in [-0.2, -0.15) is 5.26 Å². The largest absolute Gasteiger partial charge is 0.384 e. The number of benzene rings is 2. The zero-order chi connectivity index (χ0) is 20.7. The van der Waals surface area contributed by atoms with Gasteiger partial charge < -0.3 is 20.4 Å². The first kappa shape index (κ1) is 20.8. The quantitative estimate of drug-likeness (QED) is 0.545. The number of nitriles is 1. The summed E-state index contributed by atoms with van der Waals surface area (Å²) in [5.41, 5.74) is 1.90. The minimum atomic E-state index is -0.765. The lowest BCUT2D eigenvalue weighted by Gasteiger charge is -2.29. The molecule has 1 heterocycles. The predicted molar refractivity (Wildman–Crippen MR) is 115 cm³/mol. The molecule has 1 fully saturated rings. The molecule has 0 saturated heterocycles. The van der Waals surface area contributed by atoms with Crippen molar-refractivity contribution in [2.75, 3.05) is 6.54 Å².